The van der Waals surface area contributed by atoms with Gasteiger partial charge in [0.2, 0.25) is 0 Å². The van der Waals surface area contributed by atoms with Gasteiger partial charge in [-0.25, -0.2) is 4.79 Å². The lowest BCUT2D eigenvalue weighted by atomic mass is 9.86. The van der Waals surface area contributed by atoms with Crippen LogP contribution < -0.4 is 15.8 Å². The molecule has 1 atom stereocenters. The number of nitrogens with zero attached hydrogens (tertiary/aromatic N) is 1. The Bertz CT molecular complexity index is 785. The topological polar surface area (TPSA) is 97.2 Å². The van der Waals surface area contributed by atoms with E-state index in [1.54, 1.807) is 6.07 Å². The number of hydrogen-bond acceptors (Lipinski definition) is 5. The van der Waals surface area contributed by atoms with E-state index in [9.17, 15) is 9.59 Å². The van der Waals surface area contributed by atoms with Crippen LogP contribution in [0.4, 0.5) is 0 Å². The molecule has 0 radical (unpaired) electrons. The third kappa shape index (κ3) is 2.99. The van der Waals surface area contributed by atoms with Gasteiger partial charge >= 0.3 is 5.76 Å². The van der Waals surface area contributed by atoms with Gasteiger partial charge < -0.3 is 10.1 Å². The zero-order chi connectivity index (χ0) is 16.6. The van der Waals surface area contributed by atoms with Crippen LogP contribution in [0.15, 0.2) is 27.5 Å². The van der Waals surface area contributed by atoms with Gasteiger partial charge in [0.05, 0.1) is 18.2 Å². The van der Waals surface area contributed by atoms with E-state index in [-0.39, 0.29) is 11.3 Å². The van der Waals surface area contributed by atoms with Crippen molar-refractivity contribution in [3.63, 3.8) is 0 Å². The molecule has 3 rings (SSSR count). The summed E-state index contributed by atoms with van der Waals surface area (Å²) in [5, 5.41) is 6.63. The van der Waals surface area contributed by atoms with Gasteiger partial charge in [-0.15, -0.1) is 0 Å². The SMILES string of the molecule is CC(C)(C)C(NC(=O)c1cccc2c1OCC2)c1noc(=O)[nH]1. The number of para-hydroxylation sites is 1. The number of nitrogens with one attached hydrogen (secondary N) is 2. The van der Waals surface area contributed by atoms with Crippen molar-refractivity contribution in [1.82, 2.24) is 15.5 Å². The summed E-state index contributed by atoms with van der Waals surface area (Å²) in [5.74, 6) is 0.00982. The van der Waals surface area contributed by atoms with Gasteiger partial charge in [-0.2, -0.15) is 0 Å². The molecule has 0 aliphatic carbocycles. The number of carbonyl (C=O) groups excluding carboxylic acids is 1. The first kappa shape index (κ1) is 15.3. The second-order valence-electron chi connectivity index (χ2n) is 6.65. The molecule has 1 unspecified atom stereocenters. The molecule has 2 N–H and O–H groups in total. The normalized spacial score (nSPS) is 14.9. The minimum atomic E-state index is -0.646. The Balaban J connectivity index is 1.90. The molecule has 122 valence electrons. The summed E-state index contributed by atoms with van der Waals surface area (Å²) in [5.41, 5.74) is 1.15. The molecule has 7 heteroatoms. The van der Waals surface area contributed by atoms with Gasteiger partial charge in [-0.3, -0.25) is 14.3 Å². The molecule has 0 spiro atoms. The van der Waals surface area contributed by atoms with Crippen LogP contribution in [-0.4, -0.2) is 22.7 Å². The smallest absolute Gasteiger partial charge is 0.438 e. The van der Waals surface area contributed by atoms with Crippen LogP contribution in [0.25, 0.3) is 0 Å². The van der Waals surface area contributed by atoms with Gasteiger partial charge in [0.25, 0.3) is 5.91 Å². The number of ether oxygens (including phenoxy) is 1. The van der Waals surface area contributed by atoms with Crippen LogP contribution in [0.3, 0.4) is 0 Å². The van der Waals surface area contributed by atoms with Gasteiger partial charge in [0.15, 0.2) is 5.82 Å². The molecule has 23 heavy (non-hydrogen) atoms. The Labute approximate surface area is 133 Å². The molecule has 1 aliphatic rings. The molecule has 7 nitrogen and oxygen atoms in total. The van der Waals surface area contributed by atoms with E-state index >= 15 is 0 Å². The molecule has 1 aliphatic heterocycles. The zero-order valence-corrected chi connectivity index (χ0v) is 13.3. The molecule has 0 saturated heterocycles. The summed E-state index contributed by atoms with van der Waals surface area (Å²) in [6, 6.07) is 5.02. The van der Waals surface area contributed by atoms with Crippen molar-refractivity contribution in [2.24, 2.45) is 5.41 Å². The summed E-state index contributed by atoms with van der Waals surface area (Å²) in [4.78, 5) is 26.4. The Hall–Kier alpha value is -2.57. The predicted molar refractivity (Wildman–Crippen MR) is 82.4 cm³/mol. The quantitative estimate of drug-likeness (QED) is 0.900. The number of H-pyrrole nitrogens is 1. The summed E-state index contributed by atoms with van der Waals surface area (Å²) >= 11 is 0. The van der Waals surface area contributed by atoms with Crippen LogP contribution in [0.5, 0.6) is 5.75 Å². The van der Waals surface area contributed by atoms with E-state index in [1.165, 1.54) is 0 Å². The Kier molecular flexibility index (Phi) is 3.71. The van der Waals surface area contributed by atoms with Crippen molar-refractivity contribution in [2.75, 3.05) is 6.61 Å². The second-order valence-corrected chi connectivity index (χ2v) is 6.65. The number of carbonyl (C=O) groups is 1. The van der Waals surface area contributed by atoms with Crippen molar-refractivity contribution in [2.45, 2.75) is 33.2 Å². The van der Waals surface area contributed by atoms with E-state index in [4.69, 9.17) is 4.74 Å². The molecule has 1 amide bonds. The lowest BCUT2D eigenvalue weighted by Crippen LogP contribution is -2.37. The molecule has 2 heterocycles. The number of rotatable bonds is 3. The standard InChI is InChI=1S/C16H19N3O4/c1-16(2,3)12(13-18-15(21)23-19-13)17-14(20)10-6-4-5-9-7-8-22-11(9)10/h4-6,12H,7-8H2,1-3H3,(H,17,20)(H,18,19,21). The van der Waals surface area contributed by atoms with E-state index in [2.05, 4.69) is 20.0 Å². The van der Waals surface area contributed by atoms with Gasteiger partial charge in [-0.05, 0) is 17.0 Å². The fourth-order valence-corrected chi connectivity index (χ4v) is 2.66. The first-order valence-corrected chi connectivity index (χ1v) is 7.47. The van der Waals surface area contributed by atoms with Gasteiger partial charge in [-0.1, -0.05) is 38.1 Å². The third-order valence-corrected chi connectivity index (χ3v) is 3.83. The summed E-state index contributed by atoms with van der Waals surface area (Å²) in [6.07, 6.45) is 0.801. The molecule has 1 aromatic heterocycles. The molecule has 0 fully saturated rings. The van der Waals surface area contributed by atoms with Crippen LogP contribution >= 0.6 is 0 Å². The van der Waals surface area contributed by atoms with E-state index in [1.807, 2.05) is 32.9 Å². The van der Waals surface area contributed by atoms with Crippen LogP contribution in [0.2, 0.25) is 0 Å². The zero-order valence-electron chi connectivity index (χ0n) is 13.3. The fraction of sp³-hybridized carbons (Fsp3) is 0.438. The van der Waals surface area contributed by atoms with Crippen molar-refractivity contribution in [3.05, 3.63) is 45.7 Å². The molecular weight excluding hydrogens is 298 g/mol. The highest BCUT2D eigenvalue weighted by Gasteiger charge is 2.32. The van der Waals surface area contributed by atoms with Gasteiger partial charge in [0, 0.05) is 6.42 Å². The van der Waals surface area contributed by atoms with E-state index < -0.39 is 11.8 Å². The first-order valence-electron chi connectivity index (χ1n) is 7.47. The molecule has 0 bridgehead atoms. The number of benzene rings is 1. The monoisotopic (exact) mass is 317 g/mol. The Morgan fingerprint density at radius 2 is 2.17 bits per heavy atom. The highest BCUT2D eigenvalue weighted by atomic mass is 16.5. The maximum Gasteiger partial charge on any atom is 0.438 e. The number of hydrogen-bond donors (Lipinski definition) is 2. The maximum atomic E-state index is 12.7. The average molecular weight is 317 g/mol. The number of aromatic nitrogens is 2. The largest absolute Gasteiger partial charge is 0.492 e. The third-order valence-electron chi connectivity index (χ3n) is 3.83. The number of fused-ring (bicyclic) bond motifs is 1. The number of aromatic amines is 1. The van der Waals surface area contributed by atoms with E-state index in [0.717, 1.165) is 12.0 Å². The Morgan fingerprint density at radius 3 is 2.83 bits per heavy atom. The lowest BCUT2D eigenvalue weighted by molar-refractivity contribution is 0.0893. The second kappa shape index (κ2) is 5.57. The van der Waals surface area contributed by atoms with Crippen LogP contribution in [0, 0.1) is 5.41 Å². The van der Waals surface area contributed by atoms with Crippen molar-refractivity contribution < 1.29 is 14.1 Å². The molecule has 0 saturated carbocycles. The molecular formula is C16H19N3O4. The fourth-order valence-electron chi connectivity index (χ4n) is 2.66. The minimum Gasteiger partial charge on any atom is -0.492 e. The first-order chi connectivity index (χ1) is 10.9. The minimum absolute atomic E-state index is 0.271. The molecule has 2 aromatic rings. The van der Waals surface area contributed by atoms with Crippen LogP contribution in [0.1, 0.15) is 48.6 Å². The van der Waals surface area contributed by atoms with Gasteiger partial charge in [0.1, 0.15) is 5.75 Å². The average Bonchev–Trinajstić information content (AvgIpc) is 3.11. The number of amides is 1. The van der Waals surface area contributed by atoms with Crippen LogP contribution in [-0.2, 0) is 6.42 Å². The predicted octanol–water partition coefficient (Wildman–Crippen LogP) is 1.81. The Morgan fingerprint density at radius 1 is 1.39 bits per heavy atom. The van der Waals surface area contributed by atoms with E-state index in [0.29, 0.717) is 23.7 Å². The summed E-state index contributed by atoms with van der Waals surface area (Å²) in [7, 11) is 0. The highest BCUT2D eigenvalue weighted by Crippen LogP contribution is 2.33. The lowest BCUT2D eigenvalue weighted by Gasteiger charge is -2.29. The van der Waals surface area contributed by atoms with Crippen molar-refractivity contribution in [1.29, 1.82) is 0 Å². The highest BCUT2D eigenvalue weighted by molar-refractivity contribution is 5.97. The van der Waals surface area contributed by atoms with Crippen molar-refractivity contribution in [3.8, 4) is 5.75 Å². The van der Waals surface area contributed by atoms with Crippen molar-refractivity contribution >= 4 is 5.91 Å². The maximum absolute atomic E-state index is 12.7. The molecule has 1 aromatic carbocycles. The summed E-state index contributed by atoms with van der Waals surface area (Å²) < 4.78 is 10.1. The summed E-state index contributed by atoms with van der Waals surface area (Å²) in [6.45, 7) is 6.41.